The summed E-state index contributed by atoms with van der Waals surface area (Å²) in [5.74, 6) is 1.74. The highest BCUT2D eigenvalue weighted by atomic mass is 16.5. The summed E-state index contributed by atoms with van der Waals surface area (Å²) in [5.41, 5.74) is 9.57. The van der Waals surface area contributed by atoms with Crippen LogP contribution >= 0.6 is 0 Å². The molecule has 3 aromatic rings. The van der Waals surface area contributed by atoms with Crippen LogP contribution in [0.15, 0.2) is 48.5 Å². The summed E-state index contributed by atoms with van der Waals surface area (Å²) >= 11 is 0. The molecule has 0 saturated heterocycles. The minimum atomic E-state index is 0.0886. The maximum Gasteiger partial charge on any atom is 0.204 e. The van der Waals surface area contributed by atoms with E-state index < -0.39 is 0 Å². The number of aryl methyl sites for hydroxylation is 2. The van der Waals surface area contributed by atoms with Gasteiger partial charge in [0.15, 0.2) is 0 Å². The molecule has 1 heterocycles. The first-order valence-electron chi connectivity index (χ1n) is 7.62. The zero-order chi connectivity index (χ0) is 15.7. The van der Waals surface area contributed by atoms with Crippen molar-refractivity contribution in [2.24, 2.45) is 12.8 Å². The standard InChI is InChI=1S/C19H22N2O/c1-13-7-6-8-15(11-13)22-19-17(12-14(2)20)16-9-4-5-10-18(16)21(19)3/h4-11,14H,12,20H2,1-3H3. The first kappa shape index (κ1) is 14.7. The summed E-state index contributed by atoms with van der Waals surface area (Å²) in [6.45, 7) is 4.09. The van der Waals surface area contributed by atoms with Gasteiger partial charge in [0, 0.05) is 24.0 Å². The van der Waals surface area contributed by atoms with E-state index >= 15 is 0 Å². The minimum Gasteiger partial charge on any atom is -0.441 e. The highest BCUT2D eigenvalue weighted by Gasteiger charge is 2.18. The molecule has 22 heavy (non-hydrogen) atoms. The Bertz CT molecular complexity index is 802. The average Bonchev–Trinajstić information content (AvgIpc) is 2.73. The van der Waals surface area contributed by atoms with Crippen molar-refractivity contribution in [2.75, 3.05) is 0 Å². The number of nitrogens with two attached hydrogens (primary N) is 1. The van der Waals surface area contributed by atoms with Crippen LogP contribution in [-0.2, 0) is 13.5 Å². The highest BCUT2D eigenvalue weighted by molar-refractivity contribution is 5.87. The average molecular weight is 294 g/mol. The third kappa shape index (κ3) is 2.72. The first-order chi connectivity index (χ1) is 10.6. The monoisotopic (exact) mass is 294 g/mol. The molecule has 2 N–H and O–H groups in total. The fourth-order valence-corrected chi connectivity index (χ4v) is 2.89. The second kappa shape index (κ2) is 5.85. The second-order valence-corrected chi connectivity index (χ2v) is 5.96. The van der Waals surface area contributed by atoms with Gasteiger partial charge in [0.05, 0.1) is 5.52 Å². The minimum absolute atomic E-state index is 0.0886. The van der Waals surface area contributed by atoms with E-state index in [2.05, 4.69) is 41.8 Å². The van der Waals surface area contributed by atoms with E-state index in [-0.39, 0.29) is 6.04 Å². The zero-order valence-corrected chi connectivity index (χ0v) is 13.3. The summed E-state index contributed by atoms with van der Waals surface area (Å²) in [6, 6.07) is 16.6. The van der Waals surface area contributed by atoms with Crippen molar-refractivity contribution in [1.29, 1.82) is 0 Å². The molecule has 3 nitrogen and oxygen atoms in total. The molecule has 0 aliphatic heterocycles. The van der Waals surface area contributed by atoms with E-state index in [0.717, 1.165) is 18.1 Å². The molecule has 1 unspecified atom stereocenters. The molecule has 0 fully saturated rings. The van der Waals surface area contributed by atoms with Crippen LogP contribution < -0.4 is 10.5 Å². The van der Waals surface area contributed by atoms with Gasteiger partial charge in [0.25, 0.3) is 0 Å². The lowest BCUT2D eigenvalue weighted by atomic mass is 10.1. The maximum absolute atomic E-state index is 6.21. The normalized spacial score (nSPS) is 12.5. The molecular weight excluding hydrogens is 272 g/mol. The quantitative estimate of drug-likeness (QED) is 0.784. The van der Waals surface area contributed by atoms with Crippen LogP contribution in [0.2, 0.25) is 0 Å². The molecule has 1 aromatic heterocycles. The maximum atomic E-state index is 6.21. The first-order valence-corrected chi connectivity index (χ1v) is 7.62. The Morgan fingerprint density at radius 2 is 1.91 bits per heavy atom. The molecular formula is C19H22N2O. The summed E-state index contributed by atoms with van der Waals surface area (Å²) in [5, 5.41) is 1.21. The number of nitrogens with zero attached hydrogens (tertiary/aromatic N) is 1. The van der Waals surface area contributed by atoms with Gasteiger partial charge in [-0.3, -0.25) is 0 Å². The van der Waals surface area contributed by atoms with Crippen LogP contribution in [0.5, 0.6) is 11.6 Å². The number of rotatable bonds is 4. The Morgan fingerprint density at radius 3 is 2.64 bits per heavy atom. The molecule has 3 rings (SSSR count). The fraction of sp³-hybridized carbons (Fsp3) is 0.263. The molecule has 0 spiro atoms. The van der Waals surface area contributed by atoms with Gasteiger partial charge in [-0.2, -0.15) is 0 Å². The molecule has 114 valence electrons. The van der Waals surface area contributed by atoms with Crippen LogP contribution in [-0.4, -0.2) is 10.6 Å². The van der Waals surface area contributed by atoms with Gasteiger partial charge < -0.3 is 15.0 Å². The number of aromatic nitrogens is 1. The Balaban J connectivity index is 2.12. The Morgan fingerprint density at radius 1 is 1.14 bits per heavy atom. The lowest BCUT2D eigenvalue weighted by molar-refractivity contribution is 0.438. The van der Waals surface area contributed by atoms with E-state index in [0.29, 0.717) is 0 Å². The van der Waals surface area contributed by atoms with Gasteiger partial charge in [-0.05, 0) is 44.0 Å². The molecule has 0 aliphatic rings. The van der Waals surface area contributed by atoms with Crippen molar-refractivity contribution in [3.63, 3.8) is 0 Å². The lowest BCUT2D eigenvalue weighted by Crippen LogP contribution is -2.18. The summed E-state index contributed by atoms with van der Waals surface area (Å²) in [4.78, 5) is 0. The van der Waals surface area contributed by atoms with Crippen LogP contribution in [0.3, 0.4) is 0 Å². The smallest absolute Gasteiger partial charge is 0.204 e. The van der Waals surface area contributed by atoms with Crippen molar-refractivity contribution in [3.8, 4) is 11.6 Å². The van der Waals surface area contributed by atoms with Gasteiger partial charge in [-0.15, -0.1) is 0 Å². The van der Waals surface area contributed by atoms with Gasteiger partial charge in [-0.1, -0.05) is 30.3 Å². The molecule has 2 aromatic carbocycles. The molecule has 0 amide bonds. The predicted molar refractivity (Wildman–Crippen MR) is 91.5 cm³/mol. The molecule has 0 bridgehead atoms. The fourth-order valence-electron chi connectivity index (χ4n) is 2.89. The molecule has 0 aliphatic carbocycles. The number of ether oxygens (including phenoxy) is 1. The Kier molecular flexibility index (Phi) is 3.90. The number of fused-ring (bicyclic) bond motifs is 1. The van der Waals surface area contributed by atoms with Gasteiger partial charge in [0.1, 0.15) is 5.75 Å². The van der Waals surface area contributed by atoms with Crippen molar-refractivity contribution in [2.45, 2.75) is 26.3 Å². The summed E-state index contributed by atoms with van der Waals surface area (Å²) in [7, 11) is 2.04. The highest BCUT2D eigenvalue weighted by Crippen LogP contribution is 2.35. The number of benzene rings is 2. The summed E-state index contributed by atoms with van der Waals surface area (Å²) < 4.78 is 8.32. The van der Waals surface area contributed by atoms with E-state index in [4.69, 9.17) is 10.5 Å². The van der Waals surface area contributed by atoms with Crippen LogP contribution in [0.25, 0.3) is 10.9 Å². The lowest BCUT2D eigenvalue weighted by Gasteiger charge is -2.12. The van der Waals surface area contributed by atoms with E-state index in [9.17, 15) is 0 Å². The van der Waals surface area contributed by atoms with E-state index in [1.165, 1.54) is 22.0 Å². The Hall–Kier alpha value is -2.26. The molecule has 0 saturated carbocycles. The van der Waals surface area contributed by atoms with Gasteiger partial charge >= 0.3 is 0 Å². The SMILES string of the molecule is Cc1cccc(Oc2c(CC(C)N)c3ccccc3n2C)c1. The molecule has 0 radical (unpaired) electrons. The number of para-hydroxylation sites is 1. The van der Waals surface area contributed by atoms with Crippen LogP contribution in [0.1, 0.15) is 18.1 Å². The van der Waals surface area contributed by atoms with E-state index in [1.54, 1.807) is 0 Å². The third-order valence-electron chi connectivity index (χ3n) is 3.88. The van der Waals surface area contributed by atoms with Crippen molar-refractivity contribution < 1.29 is 4.74 Å². The predicted octanol–water partition coefficient (Wildman–Crippen LogP) is 4.17. The molecule has 1 atom stereocenters. The van der Waals surface area contributed by atoms with Crippen LogP contribution in [0.4, 0.5) is 0 Å². The van der Waals surface area contributed by atoms with E-state index in [1.807, 2.05) is 32.2 Å². The Labute approximate surface area is 131 Å². The zero-order valence-electron chi connectivity index (χ0n) is 13.3. The van der Waals surface area contributed by atoms with Gasteiger partial charge in [0.2, 0.25) is 5.88 Å². The van der Waals surface area contributed by atoms with Crippen molar-refractivity contribution >= 4 is 10.9 Å². The third-order valence-corrected chi connectivity index (χ3v) is 3.88. The number of hydrogen-bond donors (Lipinski definition) is 1. The second-order valence-electron chi connectivity index (χ2n) is 5.96. The van der Waals surface area contributed by atoms with Crippen LogP contribution in [0, 0.1) is 6.92 Å². The topological polar surface area (TPSA) is 40.2 Å². The van der Waals surface area contributed by atoms with Crippen molar-refractivity contribution in [1.82, 2.24) is 4.57 Å². The summed E-state index contributed by atoms with van der Waals surface area (Å²) in [6.07, 6.45) is 0.794. The number of hydrogen-bond acceptors (Lipinski definition) is 2. The largest absolute Gasteiger partial charge is 0.441 e. The van der Waals surface area contributed by atoms with Gasteiger partial charge in [-0.25, -0.2) is 0 Å². The van der Waals surface area contributed by atoms with Crippen molar-refractivity contribution in [3.05, 3.63) is 59.7 Å². The molecule has 3 heteroatoms.